The van der Waals surface area contributed by atoms with E-state index in [1.165, 1.54) is 25.2 Å². The van der Waals surface area contributed by atoms with Gasteiger partial charge in [-0.3, -0.25) is 9.59 Å². The van der Waals surface area contributed by atoms with E-state index in [0.717, 1.165) is 9.87 Å². The van der Waals surface area contributed by atoms with E-state index in [4.69, 9.17) is 4.74 Å². The highest BCUT2D eigenvalue weighted by Crippen LogP contribution is 2.30. The van der Waals surface area contributed by atoms with Gasteiger partial charge in [-0.05, 0) is 37.3 Å². The Balaban J connectivity index is 1.72. The minimum Gasteiger partial charge on any atom is -0.482 e. The largest absolute Gasteiger partial charge is 0.482 e. The van der Waals surface area contributed by atoms with Gasteiger partial charge in [-0.2, -0.15) is 4.31 Å². The molecule has 2 N–H and O–H groups in total. The Hall–Kier alpha value is -2.91. The van der Waals surface area contributed by atoms with Crippen LogP contribution >= 0.6 is 0 Å². The molecule has 0 saturated heterocycles. The maximum absolute atomic E-state index is 12.7. The molecule has 1 aliphatic rings. The second-order valence-corrected chi connectivity index (χ2v) is 8.21. The Morgan fingerprint density at radius 2 is 1.93 bits per heavy atom. The number of amides is 2. The van der Waals surface area contributed by atoms with Gasteiger partial charge in [-0.25, -0.2) is 8.42 Å². The fraction of sp³-hybridized carbons (Fsp3) is 0.222. The monoisotopic (exact) mass is 389 g/mol. The quantitative estimate of drug-likeness (QED) is 0.808. The van der Waals surface area contributed by atoms with Crippen molar-refractivity contribution in [1.29, 1.82) is 0 Å². The average Bonchev–Trinajstić information content (AvgIpc) is 2.62. The fourth-order valence-electron chi connectivity index (χ4n) is 2.53. The third-order valence-electron chi connectivity index (χ3n) is 3.99. The standard InChI is InChI=1S/C18H19N3O5S/c1-12-3-5-13(6-4-12)19-17(22)10-21(2)27(24,25)14-7-8-16-15(9-14)20-18(23)11-26-16/h3-9H,10-11H2,1-2H3,(H,19,22)(H,20,23). The van der Waals surface area contributed by atoms with E-state index in [2.05, 4.69) is 10.6 Å². The lowest BCUT2D eigenvalue weighted by Gasteiger charge is -2.21. The SMILES string of the molecule is Cc1ccc(NC(=O)CN(C)S(=O)(=O)c2ccc3c(c2)NC(=O)CO3)cc1. The highest BCUT2D eigenvalue weighted by atomic mass is 32.2. The minimum atomic E-state index is -3.92. The predicted molar refractivity (Wildman–Crippen MR) is 100 cm³/mol. The number of rotatable bonds is 5. The van der Waals surface area contributed by atoms with Crippen LogP contribution in [0, 0.1) is 6.92 Å². The lowest BCUT2D eigenvalue weighted by Crippen LogP contribution is -2.35. The molecule has 3 rings (SSSR count). The lowest BCUT2D eigenvalue weighted by molar-refractivity contribution is -0.118. The first kappa shape index (κ1) is 18.9. The van der Waals surface area contributed by atoms with Gasteiger partial charge in [-0.1, -0.05) is 17.7 Å². The summed E-state index contributed by atoms with van der Waals surface area (Å²) in [6.45, 7) is 1.46. The molecule has 2 aromatic carbocycles. The van der Waals surface area contributed by atoms with E-state index in [-0.39, 0.29) is 29.6 Å². The number of benzene rings is 2. The second kappa shape index (κ2) is 7.37. The van der Waals surface area contributed by atoms with E-state index in [1.54, 1.807) is 12.1 Å². The van der Waals surface area contributed by atoms with Crippen molar-refractivity contribution < 1.29 is 22.7 Å². The van der Waals surface area contributed by atoms with E-state index in [9.17, 15) is 18.0 Å². The Kier molecular flexibility index (Phi) is 5.15. The van der Waals surface area contributed by atoms with Crippen molar-refractivity contribution >= 4 is 33.2 Å². The summed E-state index contributed by atoms with van der Waals surface area (Å²) in [4.78, 5) is 23.5. The zero-order valence-electron chi connectivity index (χ0n) is 14.9. The van der Waals surface area contributed by atoms with Crippen molar-refractivity contribution in [1.82, 2.24) is 4.31 Å². The number of carbonyl (C=O) groups excluding carboxylic acids is 2. The molecule has 0 fully saturated rings. The fourth-order valence-corrected chi connectivity index (χ4v) is 3.68. The van der Waals surface area contributed by atoms with Gasteiger partial charge in [0, 0.05) is 12.7 Å². The minimum absolute atomic E-state index is 0.0438. The summed E-state index contributed by atoms with van der Waals surface area (Å²) in [7, 11) is -2.60. The van der Waals surface area contributed by atoms with E-state index >= 15 is 0 Å². The maximum Gasteiger partial charge on any atom is 0.262 e. The molecule has 8 nitrogen and oxygen atoms in total. The first-order chi connectivity index (χ1) is 12.8. The van der Waals surface area contributed by atoms with Crippen LogP contribution in [0.25, 0.3) is 0 Å². The van der Waals surface area contributed by atoms with Crippen molar-refractivity contribution in [3.8, 4) is 5.75 Å². The molecule has 0 unspecified atom stereocenters. The number of sulfonamides is 1. The van der Waals surface area contributed by atoms with Crippen LogP contribution in [0.2, 0.25) is 0 Å². The van der Waals surface area contributed by atoms with Crippen molar-refractivity contribution in [3.63, 3.8) is 0 Å². The van der Waals surface area contributed by atoms with E-state index < -0.39 is 15.9 Å². The summed E-state index contributed by atoms with van der Waals surface area (Å²) < 4.78 is 31.6. The Labute approximate surface area is 157 Å². The third kappa shape index (κ3) is 4.26. The Morgan fingerprint density at radius 3 is 2.63 bits per heavy atom. The molecule has 1 heterocycles. The Morgan fingerprint density at radius 1 is 1.22 bits per heavy atom. The molecule has 0 radical (unpaired) electrons. The molecule has 0 saturated carbocycles. The van der Waals surface area contributed by atoms with Crippen LogP contribution in [0.15, 0.2) is 47.4 Å². The topological polar surface area (TPSA) is 105 Å². The van der Waals surface area contributed by atoms with Crippen molar-refractivity contribution in [2.45, 2.75) is 11.8 Å². The van der Waals surface area contributed by atoms with Gasteiger partial charge in [0.05, 0.1) is 17.1 Å². The van der Waals surface area contributed by atoms with Crippen LogP contribution < -0.4 is 15.4 Å². The molecule has 0 atom stereocenters. The highest BCUT2D eigenvalue weighted by Gasteiger charge is 2.25. The number of hydrogen-bond acceptors (Lipinski definition) is 5. The van der Waals surface area contributed by atoms with Gasteiger partial charge in [0.25, 0.3) is 5.91 Å². The normalized spacial score (nSPS) is 13.5. The zero-order chi connectivity index (χ0) is 19.6. The van der Waals surface area contributed by atoms with Crippen LogP contribution in [0.1, 0.15) is 5.56 Å². The summed E-state index contributed by atoms with van der Waals surface area (Å²) in [5.41, 5.74) is 1.92. The number of carbonyl (C=O) groups is 2. The summed E-state index contributed by atoms with van der Waals surface area (Å²) in [6, 6.07) is 11.3. The van der Waals surface area contributed by atoms with Gasteiger partial charge < -0.3 is 15.4 Å². The maximum atomic E-state index is 12.7. The molecule has 0 bridgehead atoms. The van der Waals surface area contributed by atoms with Gasteiger partial charge in [-0.15, -0.1) is 0 Å². The predicted octanol–water partition coefficient (Wildman–Crippen LogP) is 1.59. The zero-order valence-corrected chi connectivity index (χ0v) is 15.7. The van der Waals surface area contributed by atoms with Gasteiger partial charge in [0.2, 0.25) is 15.9 Å². The summed E-state index contributed by atoms with van der Waals surface area (Å²) in [5, 5.41) is 5.22. The van der Waals surface area contributed by atoms with Crippen LogP contribution in [0.5, 0.6) is 5.75 Å². The number of aryl methyl sites for hydroxylation is 1. The second-order valence-electron chi connectivity index (χ2n) is 6.17. The van der Waals surface area contributed by atoms with Crippen LogP contribution in [-0.4, -0.2) is 44.7 Å². The molecule has 142 valence electrons. The van der Waals surface area contributed by atoms with Crippen molar-refractivity contribution in [3.05, 3.63) is 48.0 Å². The third-order valence-corrected chi connectivity index (χ3v) is 5.79. The average molecular weight is 389 g/mol. The number of anilines is 2. The summed E-state index contributed by atoms with van der Waals surface area (Å²) in [6.07, 6.45) is 0. The molecule has 27 heavy (non-hydrogen) atoms. The van der Waals surface area contributed by atoms with Gasteiger partial charge in [0.1, 0.15) is 5.75 Å². The molecular formula is C18H19N3O5S. The molecule has 2 aromatic rings. The highest BCUT2D eigenvalue weighted by molar-refractivity contribution is 7.89. The van der Waals surface area contributed by atoms with Gasteiger partial charge in [0.15, 0.2) is 6.61 Å². The summed E-state index contributed by atoms with van der Waals surface area (Å²) in [5.74, 6) is -0.421. The van der Waals surface area contributed by atoms with E-state index in [1.807, 2.05) is 19.1 Å². The number of fused-ring (bicyclic) bond motifs is 1. The van der Waals surface area contributed by atoms with Gasteiger partial charge >= 0.3 is 0 Å². The summed E-state index contributed by atoms with van der Waals surface area (Å²) >= 11 is 0. The number of nitrogens with one attached hydrogen (secondary N) is 2. The molecule has 9 heteroatoms. The number of hydrogen-bond donors (Lipinski definition) is 2. The van der Waals surface area contributed by atoms with Crippen LogP contribution in [0.3, 0.4) is 0 Å². The lowest BCUT2D eigenvalue weighted by atomic mass is 10.2. The molecular weight excluding hydrogens is 370 g/mol. The molecule has 2 amide bonds. The van der Waals surface area contributed by atoms with Crippen molar-refractivity contribution in [2.24, 2.45) is 0 Å². The first-order valence-electron chi connectivity index (χ1n) is 8.15. The number of likely N-dealkylation sites (N-methyl/N-ethyl adjacent to an activating group) is 1. The van der Waals surface area contributed by atoms with Crippen LogP contribution in [-0.2, 0) is 19.6 Å². The molecule has 0 aromatic heterocycles. The molecule has 0 aliphatic carbocycles. The molecule has 1 aliphatic heterocycles. The number of nitrogens with zero attached hydrogens (tertiary/aromatic N) is 1. The van der Waals surface area contributed by atoms with Crippen LogP contribution in [0.4, 0.5) is 11.4 Å². The van der Waals surface area contributed by atoms with Crippen molar-refractivity contribution in [2.75, 3.05) is 30.8 Å². The smallest absolute Gasteiger partial charge is 0.262 e. The van der Waals surface area contributed by atoms with E-state index in [0.29, 0.717) is 11.4 Å². The number of ether oxygens (including phenoxy) is 1. The first-order valence-corrected chi connectivity index (χ1v) is 9.59. The Bertz CT molecular complexity index is 987. The molecule has 0 spiro atoms.